The van der Waals surface area contributed by atoms with Crippen LogP contribution in [0.1, 0.15) is 22.3 Å². The summed E-state index contributed by atoms with van der Waals surface area (Å²) in [5, 5.41) is 13.4. The van der Waals surface area contributed by atoms with Crippen molar-refractivity contribution in [3.63, 3.8) is 0 Å². The highest BCUT2D eigenvalue weighted by atomic mass is 15.1. The van der Waals surface area contributed by atoms with Crippen LogP contribution >= 0.6 is 0 Å². The summed E-state index contributed by atoms with van der Waals surface area (Å²) in [6.45, 7) is 2.30. The molecule has 8 heterocycles. The van der Waals surface area contributed by atoms with Crippen LogP contribution in [0.2, 0.25) is 0 Å². The quantitative estimate of drug-likeness (QED) is 0.135. The number of allylic oxidation sites excluding steroid dienone is 2. The number of nitrogens with zero attached hydrogens (tertiary/aromatic N) is 3. The molecule has 6 aromatic heterocycles. The third kappa shape index (κ3) is 4.66. The molecule has 0 fully saturated rings. The normalized spacial score (nSPS) is 15.7. The zero-order chi connectivity index (χ0) is 42.5. The van der Waals surface area contributed by atoms with Gasteiger partial charge >= 0.3 is 0 Å². The average molecular weight is 827 g/mol. The number of aromatic nitrogens is 3. The Morgan fingerprint density at radius 3 is 1.85 bits per heavy atom. The van der Waals surface area contributed by atoms with Crippen molar-refractivity contribution in [2.24, 2.45) is 0 Å². The first-order valence-corrected chi connectivity index (χ1v) is 22.8. The molecule has 1 aliphatic carbocycles. The fourth-order valence-electron chi connectivity index (χ4n) is 12.2. The number of benzene rings is 6. The Hall–Kier alpha value is -8.27. The van der Waals surface area contributed by atoms with Crippen LogP contribution in [-0.2, 0) is 12.0 Å². The van der Waals surface area contributed by atoms with E-state index in [9.17, 15) is 0 Å². The van der Waals surface area contributed by atoms with Gasteiger partial charge in [-0.25, -0.2) is 0 Å². The number of aryl methyl sites for hydroxylation is 1. The number of rotatable bonds is 0. The Kier molecular flexibility index (Phi) is 6.87. The van der Waals surface area contributed by atoms with Crippen LogP contribution < -0.4 is 18.6 Å². The molecule has 1 atom stereocenters. The van der Waals surface area contributed by atoms with Crippen molar-refractivity contribution in [1.82, 2.24) is 0 Å². The van der Waals surface area contributed by atoms with Crippen molar-refractivity contribution in [3.05, 3.63) is 234 Å². The molecule has 2 aliphatic heterocycles. The lowest BCUT2D eigenvalue weighted by Gasteiger charge is -2.34. The minimum atomic E-state index is -0.582. The second-order valence-electron chi connectivity index (χ2n) is 18.4. The van der Waals surface area contributed by atoms with E-state index in [-0.39, 0.29) is 0 Å². The highest BCUT2D eigenvalue weighted by molar-refractivity contribution is 6.16. The Labute approximate surface area is 374 Å². The number of hydrogen-bond acceptors (Lipinski definition) is 0. The molecule has 0 saturated carbocycles. The van der Waals surface area contributed by atoms with E-state index in [1.807, 2.05) is 0 Å². The summed E-state index contributed by atoms with van der Waals surface area (Å²) in [4.78, 5) is 0. The van der Waals surface area contributed by atoms with Crippen LogP contribution in [0.3, 0.4) is 0 Å². The summed E-state index contributed by atoms with van der Waals surface area (Å²) in [7, 11) is 0. The van der Waals surface area contributed by atoms with Gasteiger partial charge in [0.05, 0.1) is 21.5 Å². The largest absolute Gasteiger partial charge is 0.292 e. The van der Waals surface area contributed by atoms with Crippen LogP contribution in [0.25, 0.3) is 110 Å². The molecular formula is C62H40N3+3. The van der Waals surface area contributed by atoms with Gasteiger partial charge in [-0.15, -0.1) is 0 Å². The third-order valence-corrected chi connectivity index (χ3v) is 15.1. The third-order valence-electron chi connectivity index (χ3n) is 15.1. The maximum Gasteiger partial charge on any atom is 0.292 e. The molecule has 0 N–H and O–H groups in total. The standard InChI is InChI=1S/C62H40N3/c1-38-30-59-52-23-11-13-25-54(52)61-60-53-24-12-10-22-51(53)57-28-26-40(35-63(57)60)44-15-4-6-17-46(44)42-31-43-34-62(56(32-42)50-21-9-8-20-49(50)55(38)37-64(59)61)33-39-14-2-3-19-48(39)58-29-27-41(36-65(58)62)45-16-5-7-18-47(43)45/h2-32,34-37H,33H2,1H3/q+3. The van der Waals surface area contributed by atoms with Gasteiger partial charge in [-0.3, -0.25) is 0 Å². The molecule has 3 aliphatic rings. The van der Waals surface area contributed by atoms with Crippen LogP contribution in [0, 0.1) is 6.92 Å². The van der Waals surface area contributed by atoms with E-state index < -0.39 is 5.54 Å². The lowest BCUT2D eigenvalue weighted by molar-refractivity contribution is -0.733. The Morgan fingerprint density at radius 2 is 1.06 bits per heavy atom. The lowest BCUT2D eigenvalue weighted by Crippen LogP contribution is -2.60. The van der Waals surface area contributed by atoms with Crippen LogP contribution in [0.5, 0.6) is 0 Å². The van der Waals surface area contributed by atoms with Gasteiger partial charge in [0.25, 0.3) is 11.0 Å². The van der Waals surface area contributed by atoms with Gasteiger partial charge in [0.1, 0.15) is 0 Å². The minimum absolute atomic E-state index is 0.582. The first kappa shape index (κ1) is 35.2. The smallest absolute Gasteiger partial charge is 0.184 e. The van der Waals surface area contributed by atoms with Crippen LogP contribution in [0.15, 0.2) is 207 Å². The molecular weight excluding hydrogens is 787 g/mol. The van der Waals surface area contributed by atoms with E-state index in [0.717, 1.165) is 6.42 Å². The summed E-state index contributed by atoms with van der Waals surface area (Å²) >= 11 is 0. The van der Waals surface area contributed by atoms with Crippen molar-refractivity contribution in [2.75, 3.05) is 0 Å². The fraction of sp³-hybridized carbons (Fsp3) is 0.0484. The van der Waals surface area contributed by atoms with E-state index >= 15 is 0 Å². The van der Waals surface area contributed by atoms with Gasteiger partial charge in [-0.05, 0) is 122 Å². The van der Waals surface area contributed by atoms with E-state index in [2.05, 4.69) is 233 Å². The van der Waals surface area contributed by atoms with Gasteiger partial charge < -0.3 is 0 Å². The average Bonchev–Trinajstić information content (AvgIpc) is 3.77. The van der Waals surface area contributed by atoms with Crippen molar-refractivity contribution in [3.8, 4) is 22.4 Å². The summed E-state index contributed by atoms with van der Waals surface area (Å²) in [6, 6.07) is 68.6. The molecule has 3 heteroatoms. The molecule has 65 heavy (non-hydrogen) atoms. The predicted octanol–water partition coefficient (Wildman–Crippen LogP) is 12.3. The molecule has 1 unspecified atom stereocenters. The highest BCUT2D eigenvalue weighted by Crippen LogP contribution is 2.45. The molecule has 0 radical (unpaired) electrons. The van der Waals surface area contributed by atoms with Crippen molar-refractivity contribution in [1.29, 1.82) is 0 Å². The maximum absolute atomic E-state index is 2.62. The summed E-state index contributed by atoms with van der Waals surface area (Å²) in [5.41, 5.74) is 15.6. The number of fused-ring (bicyclic) bond motifs is 23. The van der Waals surface area contributed by atoms with Gasteiger partial charge in [-0.1, -0.05) is 115 Å². The monoisotopic (exact) mass is 826 g/mol. The SMILES string of the molecule is Cc1cc2c3ccccc3c3c4c5ccccc5c5ccc(c[n+]54)c4ccccc4c4cc(c5ccccc5c1c[n+]23)C12C=C(C=4)c3ccccc3-c3ccc([n+]1c3)-c1ccccc1C2. The highest BCUT2D eigenvalue weighted by Gasteiger charge is 2.49. The van der Waals surface area contributed by atoms with Gasteiger partial charge in [0, 0.05) is 52.1 Å². The first-order chi connectivity index (χ1) is 32.1. The lowest BCUT2D eigenvalue weighted by atomic mass is 9.74. The van der Waals surface area contributed by atoms with Crippen molar-refractivity contribution < 1.29 is 13.4 Å². The number of hydrogen-bond donors (Lipinski definition) is 0. The molecule has 300 valence electrons. The molecule has 0 amide bonds. The zero-order valence-corrected chi connectivity index (χ0v) is 35.8. The van der Waals surface area contributed by atoms with E-state index in [0.29, 0.717) is 0 Å². The van der Waals surface area contributed by atoms with Gasteiger partial charge in [-0.2, -0.15) is 13.4 Å². The number of pyridine rings is 3. The second-order valence-corrected chi connectivity index (χ2v) is 18.4. The molecule has 3 nitrogen and oxygen atoms in total. The molecule has 0 saturated heterocycles. The molecule has 1 spiro atoms. The van der Waals surface area contributed by atoms with Gasteiger partial charge in [0.15, 0.2) is 18.6 Å². The second kappa shape index (κ2) is 12.7. The zero-order valence-electron chi connectivity index (χ0n) is 35.8. The predicted molar refractivity (Wildman–Crippen MR) is 266 cm³/mol. The van der Waals surface area contributed by atoms with Crippen LogP contribution in [0.4, 0.5) is 0 Å². The molecule has 12 aromatic rings. The molecule has 15 rings (SSSR count). The summed E-state index contributed by atoms with van der Waals surface area (Å²) in [5.74, 6) is 0. The van der Waals surface area contributed by atoms with Gasteiger partial charge in [0.2, 0.25) is 22.3 Å². The fourth-order valence-corrected chi connectivity index (χ4v) is 12.2. The van der Waals surface area contributed by atoms with E-state index in [1.54, 1.807) is 0 Å². The Morgan fingerprint density at radius 1 is 0.446 bits per heavy atom. The summed E-state index contributed by atoms with van der Waals surface area (Å²) < 4.78 is 7.60. The Bertz CT molecular complexity index is 4350. The van der Waals surface area contributed by atoms with Crippen molar-refractivity contribution in [2.45, 2.75) is 18.9 Å². The molecule has 6 aromatic carbocycles. The maximum atomic E-state index is 2.62. The van der Waals surface area contributed by atoms with E-state index in [4.69, 9.17) is 0 Å². The van der Waals surface area contributed by atoms with Crippen LogP contribution in [-0.4, -0.2) is 0 Å². The minimum Gasteiger partial charge on any atom is -0.184 e. The topological polar surface area (TPSA) is 12.1 Å². The van der Waals surface area contributed by atoms with E-state index in [1.165, 1.54) is 131 Å². The molecule has 10 bridgehead atoms. The summed E-state index contributed by atoms with van der Waals surface area (Å²) in [6.07, 6.45) is 13.2. The Balaban J connectivity index is 1.26. The first-order valence-electron chi connectivity index (χ1n) is 22.8. The van der Waals surface area contributed by atoms with Crippen molar-refractivity contribution >= 4 is 87.6 Å².